The van der Waals surface area contributed by atoms with E-state index in [4.69, 9.17) is 0 Å². The summed E-state index contributed by atoms with van der Waals surface area (Å²) in [6, 6.07) is 0.943. The number of anilines is 1. The maximum absolute atomic E-state index is 12.7. The fourth-order valence-electron chi connectivity index (χ4n) is 2.78. The minimum absolute atomic E-state index is 0.0903. The fourth-order valence-corrected chi connectivity index (χ4v) is 2.78. The van der Waals surface area contributed by atoms with Gasteiger partial charge in [0.05, 0.1) is 6.54 Å². The number of likely N-dealkylation sites (tertiary alicyclic amines) is 1. The predicted molar refractivity (Wildman–Crippen MR) is 99.9 cm³/mol. The molecule has 1 amide bonds. The number of guanidine groups is 1. The van der Waals surface area contributed by atoms with Crippen LogP contribution in [0.1, 0.15) is 32.4 Å². The summed E-state index contributed by atoms with van der Waals surface area (Å²) in [7, 11) is 0. The number of rotatable bonds is 7. The lowest BCUT2D eigenvalue weighted by atomic mass is 10.3. The first kappa shape index (κ1) is 21.7. The number of carbonyl (C=O) groups is 1. The Morgan fingerprint density at radius 2 is 2.18 bits per heavy atom. The van der Waals surface area contributed by atoms with Gasteiger partial charge in [-0.1, -0.05) is 6.92 Å². The van der Waals surface area contributed by atoms with E-state index >= 15 is 0 Å². The molecule has 0 bridgehead atoms. The van der Waals surface area contributed by atoms with Crippen LogP contribution in [0.5, 0.6) is 0 Å². The van der Waals surface area contributed by atoms with Gasteiger partial charge in [0.25, 0.3) is 0 Å². The fraction of sp³-hybridized carbons (Fsp3) is 0.647. The molecule has 3 N–H and O–H groups in total. The number of hydrogen-bond acceptors (Lipinski definition) is 5. The van der Waals surface area contributed by atoms with Gasteiger partial charge in [-0.25, -0.2) is 9.97 Å². The molecule has 1 fully saturated rings. The topological polar surface area (TPSA) is 94.5 Å². The summed E-state index contributed by atoms with van der Waals surface area (Å²) in [5.41, 5.74) is -0.990. The zero-order valence-corrected chi connectivity index (χ0v) is 16.0. The first-order chi connectivity index (χ1) is 13.3. The van der Waals surface area contributed by atoms with Gasteiger partial charge in [-0.2, -0.15) is 13.2 Å². The zero-order valence-electron chi connectivity index (χ0n) is 16.0. The van der Waals surface area contributed by atoms with Crippen molar-refractivity contribution in [1.82, 2.24) is 25.5 Å². The second kappa shape index (κ2) is 10.1. The average molecular weight is 401 g/mol. The highest BCUT2D eigenvalue weighted by Crippen LogP contribution is 2.27. The number of amides is 1. The molecule has 0 spiro atoms. The summed E-state index contributed by atoms with van der Waals surface area (Å²) in [6.45, 7) is 6.40. The Bertz CT molecular complexity index is 681. The van der Waals surface area contributed by atoms with Crippen LogP contribution in [0.15, 0.2) is 17.3 Å². The van der Waals surface area contributed by atoms with Crippen LogP contribution in [0.2, 0.25) is 0 Å². The van der Waals surface area contributed by atoms with E-state index in [-0.39, 0.29) is 24.4 Å². The monoisotopic (exact) mass is 401 g/mol. The van der Waals surface area contributed by atoms with Crippen LogP contribution in [-0.4, -0.2) is 65.5 Å². The summed E-state index contributed by atoms with van der Waals surface area (Å²) >= 11 is 0. The number of nitrogens with one attached hydrogen (secondary N) is 3. The van der Waals surface area contributed by atoms with E-state index in [1.807, 2.05) is 18.7 Å². The Hall–Kier alpha value is -2.59. The first-order valence-corrected chi connectivity index (χ1v) is 9.30. The summed E-state index contributed by atoms with van der Waals surface area (Å²) in [6.07, 6.45) is -2.11. The van der Waals surface area contributed by atoms with Crippen molar-refractivity contribution in [2.24, 2.45) is 4.99 Å². The third-order valence-corrected chi connectivity index (χ3v) is 4.14. The zero-order chi connectivity index (χ0) is 20.6. The van der Waals surface area contributed by atoms with Crippen LogP contribution in [0, 0.1) is 0 Å². The second-order valence-electron chi connectivity index (χ2n) is 6.27. The summed E-state index contributed by atoms with van der Waals surface area (Å²) in [4.78, 5) is 25.2. The molecule has 1 aliphatic rings. The van der Waals surface area contributed by atoms with Crippen LogP contribution in [-0.2, 0) is 11.0 Å². The third kappa shape index (κ3) is 6.54. The Labute approximate surface area is 162 Å². The van der Waals surface area contributed by atoms with Crippen LogP contribution in [0.25, 0.3) is 0 Å². The van der Waals surface area contributed by atoms with Crippen molar-refractivity contribution in [3.05, 3.63) is 18.0 Å². The van der Waals surface area contributed by atoms with E-state index in [1.54, 1.807) is 0 Å². The lowest BCUT2D eigenvalue weighted by molar-refractivity contribution is -0.141. The molecule has 0 aliphatic carbocycles. The van der Waals surface area contributed by atoms with Crippen LogP contribution < -0.4 is 16.0 Å². The molecule has 0 saturated carbocycles. The van der Waals surface area contributed by atoms with Gasteiger partial charge in [0.1, 0.15) is 5.69 Å². The Morgan fingerprint density at radius 3 is 2.86 bits per heavy atom. The van der Waals surface area contributed by atoms with Gasteiger partial charge in [-0.3, -0.25) is 9.79 Å². The molecule has 1 aliphatic heterocycles. The molecule has 2 heterocycles. The minimum Gasteiger partial charge on any atom is -0.357 e. The van der Waals surface area contributed by atoms with Crippen LogP contribution >= 0.6 is 0 Å². The standard InChI is InChI=1S/C17H26F3N7O/c1-3-14(28)27-10-6-12(11-27)25-15(21-4-2)23-8-9-24-16-22-7-5-13(26-16)17(18,19)20/h5,7,12H,3-4,6,8-11H2,1-2H3,(H2,21,23,25)(H,22,24,26). The summed E-state index contributed by atoms with van der Waals surface area (Å²) < 4.78 is 38.0. The number of halogens is 3. The molecule has 0 radical (unpaired) electrons. The largest absolute Gasteiger partial charge is 0.433 e. The van der Waals surface area contributed by atoms with Crippen molar-refractivity contribution >= 4 is 17.8 Å². The van der Waals surface area contributed by atoms with Crippen molar-refractivity contribution in [3.63, 3.8) is 0 Å². The van der Waals surface area contributed by atoms with E-state index in [9.17, 15) is 18.0 Å². The number of alkyl halides is 3. The second-order valence-corrected chi connectivity index (χ2v) is 6.27. The van der Waals surface area contributed by atoms with Gasteiger partial charge in [-0.05, 0) is 19.4 Å². The van der Waals surface area contributed by atoms with Crippen molar-refractivity contribution in [2.45, 2.75) is 38.9 Å². The third-order valence-electron chi connectivity index (χ3n) is 4.14. The molecular formula is C17H26F3N7O. The van der Waals surface area contributed by atoms with Crippen LogP contribution in [0.4, 0.5) is 19.1 Å². The smallest absolute Gasteiger partial charge is 0.357 e. The number of carbonyl (C=O) groups excluding carboxylic acids is 1. The van der Waals surface area contributed by atoms with E-state index in [2.05, 4.69) is 30.9 Å². The highest BCUT2D eigenvalue weighted by molar-refractivity contribution is 5.80. The van der Waals surface area contributed by atoms with Gasteiger partial charge in [-0.15, -0.1) is 0 Å². The van der Waals surface area contributed by atoms with Gasteiger partial charge < -0.3 is 20.9 Å². The molecule has 11 heteroatoms. The molecule has 1 aromatic heterocycles. The van der Waals surface area contributed by atoms with E-state index in [1.165, 1.54) is 0 Å². The maximum atomic E-state index is 12.7. The SMILES string of the molecule is CCNC(=NCCNc1nccc(C(F)(F)F)n1)NC1CCN(C(=O)CC)C1. The number of hydrogen-bond donors (Lipinski definition) is 3. The van der Waals surface area contributed by atoms with Gasteiger partial charge in [0, 0.05) is 44.8 Å². The Morgan fingerprint density at radius 1 is 1.39 bits per heavy atom. The van der Waals surface area contributed by atoms with Crippen molar-refractivity contribution < 1.29 is 18.0 Å². The molecule has 8 nitrogen and oxygen atoms in total. The molecule has 0 aromatic carbocycles. The van der Waals surface area contributed by atoms with E-state index in [0.717, 1.165) is 25.2 Å². The van der Waals surface area contributed by atoms with Gasteiger partial charge in [0.15, 0.2) is 5.96 Å². The van der Waals surface area contributed by atoms with Gasteiger partial charge >= 0.3 is 6.18 Å². The lowest BCUT2D eigenvalue weighted by Gasteiger charge is -2.18. The highest BCUT2D eigenvalue weighted by atomic mass is 19.4. The molecule has 2 rings (SSSR count). The minimum atomic E-state index is -4.51. The molecule has 156 valence electrons. The maximum Gasteiger partial charge on any atom is 0.433 e. The summed E-state index contributed by atoms with van der Waals surface area (Å²) in [5.74, 6) is 0.647. The molecule has 1 unspecified atom stereocenters. The molecule has 1 aromatic rings. The van der Waals surface area contributed by atoms with Crippen molar-refractivity contribution in [3.8, 4) is 0 Å². The molecule has 1 atom stereocenters. The van der Waals surface area contributed by atoms with Crippen LogP contribution in [0.3, 0.4) is 0 Å². The average Bonchev–Trinajstić information content (AvgIpc) is 3.13. The number of nitrogens with zero attached hydrogens (tertiary/aromatic N) is 4. The number of aliphatic imine (C=N–C) groups is 1. The Balaban J connectivity index is 1.84. The Kier molecular flexibility index (Phi) is 7.82. The normalized spacial score (nSPS) is 17.5. The summed E-state index contributed by atoms with van der Waals surface area (Å²) in [5, 5.41) is 9.15. The predicted octanol–water partition coefficient (Wildman–Crippen LogP) is 1.47. The first-order valence-electron chi connectivity index (χ1n) is 9.30. The van der Waals surface area contributed by atoms with Crippen molar-refractivity contribution in [2.75, 3.05) is 38.0 Å². The quantitative estimate of drug-likeness (QED) is 0.364. The van der Waals surface area contributed by atoms with E-state index in [0.29, 0.717) is 32.0 Å². The molecule has 28 heavy (non-hydrogen) atoms. The molecular weight excluding hydrogens is 375 g/mol. The van der Waals surface area contributed by atoms with E-state index < -0.39 is 11.9 Å². The number of aromatic nitrogens is 2. The highest BCUT2D eigenvalue weighted by Gasteiger charge is 2.32. The molecule has 1 saturated heterocycles. The van der Waals surface area contributed by atoms with Gasteiger partial charge in [0.2, 0.25) is 11.9 Å². The lowest BCUT2D eigenvalue weighted by Crippen LogP contribution is -2.45. The van der Waals surface area contributed by atoms with Crippen molar-refractivity contribution in [1.29, 1.82) is 0 Å².